The number of hydrogen-bond acceptors (Lipinski definition) is 7. The summed E-state index contributed by atoms with van der Waals surface area (Å²) in [6.45, 7) is 6.77. The van der Waals surface area contributed by atoms with Crippen LogP contribution in [0.15, 0.2) is 88.0 Å². The monoisotopic (exact) mass is 641 g/mol. The van der Waals surface area contributed by atoms with E-state index in [9.17, 15) is 9.90 Å². The molecule has 8 heteroatoms. The number of aliphatic hydroxyl groups is 1. The van der Waals surface area contributed by atoms with Crippen LogP contribution in [0.4, 0.5) is 5.69 Å². The summed E-state index contributed by atoms with van der Waals surface area (Å²) >= 11 is 3.44. The van der Waals surface area contributed by atoms with Gasteiger partial charge in [-0.15, -0.1) is 0 Å². The van der Waals surface area contributed by atoms with E-state index in [0.29, 0.717) is 40.3 Å². The van der Waals surface area contributed by atoms with E-state index in [2.05, 4.69) is 46.6 Å². The van der Waals surface area contributed by atoms with Gasteiger partial charge in [0.25, 0.3) is 0 Å². The number of carbonyl (C=O) groups is 1. The van der Waals surface area contributed by atoms with E-state index in [4.69, 9.17) is 14.2 Å². The lowest BCUT2D eigenvalue weighted by atomic mass is 10.1. The Kier molecular flexibility index (Phi) is 9.52. The van der Waals surface area contributed by atoms with Crippen LogP contribution in [0.2, 0.25) is 0 Å². The highest BCUT2D eigenvalue weighted by molar-refractivity contribution is 14.1. The van der Waals surface area contributed by atoms with Gasteiger partial charge in [0.2, 0.25) is 0 Å². The van der Waals surface area contributed by atoms with Gasteiger partial charge in [-0.25, -0.2) is 9.79 Å². The van der Waals surface area contributed by atoms with Crippen LogP contribution in [-0.2, 0) is 16.1 Å². The highest BCUT2D eigenvalue weighted by Gasteiger charge is 2.33. The molecule has 3 aromatic carbocycles. The summed E-state index contributed by atoms with van der Waals surface area (Å²) in [5, 5.41) is 11.4. The summed E-state index contributed by atoms with van der Waals surface area (Å²) in [5.41, 5.74) is 3.78. The zero-order valence-corrected chi connectivity index (χ0v) is 24.3. The Bertz CT molecular complexity index is 1400. The molecule has 0 spiro atoms. The highest BCUT2D eigenvalue weighted by atomic mass is 127. The lowest BCUT2D eigenvalue weighted by Crippen LogP contribution is -2.12. The van der Waals surface area contributed by atoms with Crippen LogP contribution in [0, 0.1) is 10.5 Å². The van der Waals surface area contributed by atoms with Gasteiger partial charge < -0.3 is 19.3 Å². The molecule has 0 saturated carbocycles. The zero-order chi connectivity index (χ0) is 27.1. The molecule has 1 aliphatic rings. The first-order chi connectivity index (χ1) is 18.4. The molecule has 0 aromatic heterocycles. The number of thioether (sulfide) groups is 1. The van der Waals surface area contributed by atoms with Gasteiger partial charge in [0.15, 0.2) is 11.5 Å². The second-order valence-corrected chi connectivity index (χ2v) is 10.5. The average molecular weight is 642 g/mol. The van der Waals surface area contributed by atoms with Crippen molar-refractivity contribution in [2.24, 2.45) is 4.99 Å². The molecule has 0 fully saturated rings. The molecule has 0 amide bonds. The quantitative estimate of drug-likeness (QED) is 0.190. The van der Waals surface area contributed by atoms with Gasteiger partial charge in [-0.2, -0.15) is 0 Å². The smallest absolute Gasteiger partial charge is 0.344 e. The third-order valence-electron chi connectivity index (χ3n) is 5.49. The van der Waals surface area contributed by atoms with Crippen LogP contribution in [0.1, 0.15) is 30.5 Å². The summed E-state index contributed by atoms with van der Waals surface area (Å²) in [7, 11) is 0. The third kappa shape index (κ3) is 6.79. The topological polar surface area (TPSA) is 77.4 Å². The van der Waals surface area contributed by atoms with Crippen molar-refractivity contribution in [3.8, 4) is 11.5 Å². The first-order valence-corrected chi connectivity index (χ1v) is 14.1. The van der Waals surface area contributed by atoms with Gasteiger partial charge in [-0.3, -0.25) is 0 Å². The molecule has 0 bridgehead atoms. The number of nitrogens with zero attached hydrogens (tertiary/aromatic N) is 1. The van der Waals surface area contributed by atoms with Crippen LogP contribution in [-0.4, -0.2) is 29.3 Å². The second kappa shape index (κ2) is 13.0. The number of ether oxygens (including phenoxy) is 3. The maximum atomic E-state index is 12.7. The molecule has 0 atom stereocenters. The summed E-state index contributed by atoms with van der Waals surface area (Å²) in [6.07, 6.45) is 1.81. The molecule has 0 radical (unpaired) electrons. The number of para-hydroxylation sites is 1. The second-order valence-electron chi connectivity index (χ2n) is 8.34. The van der Waals surface area contributed by atoms with Crippen LogP contribution < -0.4 is 9.47 Å². The lowest BCUT2D eigenvalue weighted by molar-refractivity contribution is -0.138. The molecule has 1 N–H and O–H groups in total. The van der Waals surface area contributed by atoms with Gasteiger partial charge in [0.1, 0.15) is 23.0 Å². The van der Waals surface area contributed by atoms with Crippen molar-refractivity contribution in [1.29, 1.82) is 0 Å². The fourth-order valence-electron chi connectivity index (χ4n) is 3.68. The van der Waals surface area contributed by atoms with E-state index in [1.165, 1.54) is 17.3 Å². The number of halogens is 1. The van der Waals surface area contributed by atoms with Crippen LogP contribution in [0.3, 0.4) is 0 Å². The number of aryl methyl sites for hydroxylation is 1. The fraction of sp³-hybridized carbons (Fsp3) is 0.200. The number of aliphatic hydroxyl groups excluding tert-OH is 1. The van der Waals surface area contributed by atoms with Gasteiger partial charge in [0.05, 0.1) is 27.4 Å². The van der Waals surface area contributed by atoms with E-state index in [1.807, 2.05) is 61.5 Å². The van der Waals surface area contributed by atoms with Crippen molar-refractivity contribution in [1.82, 2.24) is 0 Å². The van der Waals surface area contributed by atoms with Crippen molar-refractivity contribution in [3.63, 3.8) is 0 Å². The Morgan fingerprint density at radius 2 is 1.76 bits per heavy atom. The largest absolute Gasteiger partial charge is 0.506 e. The Morgan fingerprint density at radius 3 is 2.45 bits per heavy atom. The minimum atomic E-state index is -0.611. The number of aliphatic imine (C=N–C) groups is 1. The summed E-state index contributed by atoms with van der Waals surface area (Å²) in [4.78, 5) is 17.8. The van der Waals surface area contributed by atoms with Crippen molar-refractivity contribution in [2.45, 2.75) is 27.4 Å². The van der Waals surface area contributed by atoms with E-state index in [0.717, 1.165) is 14.7 Å². The standard InChI is InChI=1S/C30H28INO5S/c1-4-35-24-16-21(15-23(31)28(24)37-18-20-13-11-19(3)12-14-20)17-25-27(33)26(30(34)36-5-2)29(38-25)32-22-9-7-6-8-10-22/h6-17,33H,4-5,18H2,1-3H3/b25-17-,32-29?. The molecule has 0 saturated heterocycles. The average Bonchev–Trinajstić information content (AvgIpc) is 3.19. The van der Waals surface area contributed by atoms with Gasteiger partial charge in [0, 0.05) is 0 Å². The maximum Gasteiger partial charge on any atom is 0.344 e. The Balaban J connectivity index is 1.67. The van der Waals surface area contributed by atoms with Crippen molar-refractivity contribution in [2.75, 3.05) is 13.2 Å². The number of benzene rings is 3. The normalized spacial score (nSPS) is 15.3. The number of hydrogen-bond donors (Lipinski definition) is 1. The molecule has 4 rings (SSSR count). The van der Waals surface area contributed by atoms with Crippen LogP contribution in [0.5, 0.6) is 11.5 Å². The maximum absolute atomic E-state index is 12.7. The lowest BCUT2D eigenvalue weighted by Gasteiger charge is -2.15. The van der Waals surface area contributed by atoms with Crippen LogP contribution >= 0.6 is 34.4 Å². The number of rotatable bonds is 9. The van der Waals surface area contributed by atoms with E-state index >= 15 is 0 Å². The first kappa shape index (κ1) is 27.8. The summed E-state index contributed by atoms with van der Waals surface area (Å²) in [6, 6.07) is 21.3. The molecule has 1 aliphatic heterocycles. The van der Waals surface area contributed by atoms with Crippen molar-refractivity contribution in [3.05, 3.63) is 103 Å². The molecule has 6 nitrogen and oxygen atoms in total. The van der Waals surface area contributed by atoms with Crippen molar-refractivity contribution < 1.29 is 24.1 Å². The summed E-state index contributed by atoms with van der Waals surface area (Å²) in [5.74, 6) is 0.497. The third-order valence-corrected chi connectivity index (χ3v) is 7.31. The molecule has 38 heavy (non-hydrogen) atoms. The highest BCUT2D eigenvalue weighted by Crippen LogP contribution is 2.42. The first-order valence-electron chi connectivity index (χ1n) is 12.2. The Hall–Kier alpha value is -3.24. The predicted octanol–water partition coefficient (Wildman–Crippen LogP) is 7.77. The van der Waals surface area contributed by atoms with E-state index < -0.39 is 5.97 Å². The SMILES string of the molecule is CCOC(=O)C1=C(O)/C(=C/c2cc(I)c(OCc3ccc(C)cc3)c(OCC)c2)SC1=Nc1ccccc1. The zero-order valence-electron chi connectivity index (χ0n) is 21.4. The summed E-state index contributed by atoms with van der Waals surface area (Å²) < 4.78 is 18.1. The molecular weight excluding hydrogens is 613 g/mol. The Morgan fingerprint density at radius 1 is 1.03 bits per heavy atom. The fourth-order valence-corrected chi connectivity index (χ4v) is 5.49. The molecule has 196 valence electrons. The minimum Gasteiger partial charge on any atom is -0.506 e. The minimum absolute atomic E-state index is 0.0599. The van der Waals surface area contributed by atoms with E-state index in [1.54, 1.807) is 13.0 Å². The number of esters is 1. The predicted molar refractivity (Wildman–Crippen MR) is 161 cm³/mol. The van der Waals surface area contributed by atoms with Gasteiger partial charge >= 0.3 is 5.97 Å². The van der Waals surface area contributed by atoms with Crippen LogP contribution in [0.25, 0.3) is 6.08 Å². The number of carbonyl (C=O) groups excluding carboxylic acids is 1. The van der Waals surface area contributed by atoms with E-state index in [-0.39, 0.29) is 17.9 Å². The molecule has 0 aliphatic carbocycles. The Labute approximate surface area is 240 Å². The molecule has 1 heterocycles. The van der Waals surface area contributed by atoms with Gasteiger partial charge in [-0.05, 0) is 84.8 Å². The molecular formula is C30H28INO5S. The molecule has 0 unspecified atom stereocenters. The molecule has 3 aromatic rings. The van der Waals surface area contributed by atoms with Crippen molar-refractivity contribution >= 4 is 57.1 Å². The van der Waals surface area contributed by atoms with Gasteiger partial charge in [-0.1, -0.05) is 59.8 Å².